The van der Waals surface area contributed by atoms with Gasteiger partial charge in [0.15, 0.2) is 40.0 Å². The Hall–Kier alpha value is -4.37. The number of fused-ring (bicyclic) bond motifs is 9. The molecule has 3 aromatic carbocycles. The lowest BCUT2D eigenvalue weighted by Gasteiger charge is -2.63. The van der Waals surface area contributed by atoms with Gasteiger partial charge in [-0.05, 0) is 75.0 Å². The Balaban J connectivity index is 1.32. The number of benzene rings is 3. The lowest BCUT2D eigenvalue weighted by atomic mass is 9.71. The second kappa shape index (κ2) is 12.6. The number of esters is 2. The predicted octanol–water partition coefficient (Wildman–Crippen LogP) is 4.48. The van der Waals surface area contributed by atoms with Crippen molar-refractivity contribution in [1.29, 1.82) is 0 Å². The quantitative estimate of drug-likeness (QED) is 0.255. The maximum atomic E-state index is 14.7. The fourth-order valence-corrected chi connectivity index (χ4v) is 12.1. The van der Waals surface area contributed by atoms with Crippen molar-refractivity contribution in [2.24, 2.45) is 0 Å². The predicted molar refractivity (Wildman–Crippen MR) is 198 cm³/mol. The third kappa shape index (κ3) is 4.75. The molecule has 0 amide bonds. The molecule has 14 heteroatoms. The van der Waals surface area contributed by atoms with Gasteiger partial charge >= 0.3 is 11.9 Å². The monoisotopic (exact) mass is 759 g/mol. The number of carbonyl (C=O) groups is 2. The van der Waals surface area contributed by atoms with Gasteiger partial charge in [0, 0.05) is 59.6 Å². The summed E-state index contributed by atoms with van der Waals surface area (Å²) in [6, 6.07) is 4.38. The Morgan fingerprint density at radius 2 is 1.80 bits per heavy atom. The van der Waals surface area contributed by atoms with Crippen LogP contribution in [0.1, 0.15) is 75.7 Å². The number of thioether (sulfide) groups is 1. The zero-order valence-electron chi connectivity index (χ0n) is 31.4. The van der Waals surface area contributed by atoms with Crippen molar-refractivity contribution in [3.63, 3.8) is 0 Å². The van der Waals surface area contributed by atoms with E-state index in [0.29, 0.717) is 53.5 Å². The highest BCUT2D eigenvalue weighted by Crippen LogP contribution is 2.64. The first kappa shape index (κ1) is 35.3. The van der Waals surface area contributed by atoms with Gasteiger partial charge in [-0.25, -0.2) is 4.79 Å². The Morgan fingerprint density at radius 1 is 1.02 bits per heavy atom. The van der Waals surface area contributed by atoms with Crippen molar-refractivity contribution in [3.05, 3.63) is 62.7 Å². The Bertz CT molecular complexity index is 2130. The Morgan fingerprint density at radius 3 is 2.54 bits per heavy atom. The number of phenols is 2. The van der Waals surface area contributed by atoms with Crippen molar-refractivity contribution < 1.29 is 48.2 Å². The van der Waals surface area contributed by atoms with Crippen molar-refractivity contribution in [2.75, 3.05) is 47.0 Å². The average molecular weight is 760 g/mol. The third-order valence-corrected chi connectivity index (χ3v) is 14.1. The van der Waals surface area contributed by atoms with Gasteiger partial charge in [0.2, 0.25) is 6.79 Å². The summed E-state index contributed by atoms with van der Waals surface area (Å²) < 4.78 is 36.3. The second-order valence-electron chi connectivity index (χ2n) is 15.3. The van der Waals surface area contributed by atoms with Gasteiger partial charge < -0.3 is 38.6 Å². The smallest absolute Gasteiger partial charge is 0.331 e. The van der Waals surface area contributed by atoms with Crippen molar-refractivity contribution >= 4 is 23.7 Å². The van der Waals surface area contributed by atoms with E-state index in [1.807, 2.05) is 13.8 Å². The van der Waals surface area contributed by atoms with E-state index >= 15 is 0 Å². The van der Waals surface area contributed by atoms with E-state index in [2.05, 4.69) is 35.2 Å². The van der Waals surface area contributed by atoms with Crippen molar-refractivity contribution in [3.8, 4) is 40.2 Å². The Kier molecular flexibility index (Phi) is 8.24. The van der Waals surface area contributed by atoms with E-state index in [0.717, 1.165) is 33.4 Å². The fraction of sp³-hybridized carbons (Fsp3) is 0.500. The highest BCUT2D eigenvalue weighted by molar-refractivity contribution is 7.99. The molecule has 7 aliphatic heterocycles. The summed E-state index contributed by atoms with van der Waals surface area (Å²) in [7, 11) is 5.18. The first-order valence-electron chi connectivity index (χ1n) is 18.4. The molecule has 13 nitrogen and oxygen atoms in total. The number of aryl methyl sites for hydroxylation is 1. The number of methoxy groups -OCH3 is 2. The number of nitrogens with zero attached hydrogens (tertiary/aromatic N) is 2. The molecule has 54 heavy (non-hydrogen) atoms. The van der Waals surface area contributed by atoms with Crippen LogP contribution >= 0.6 is 11.8 Å². The minimum Gasteiger partial charge on any atom is -0.504 e. The van der Waals surface area contributed by atoms with Crippen LogP contribution in [0.5, 0.6) is 40.2 Å². The van der Waals surface area contributed by atoms with Crippen LogP contribution in [-0.4, -0.2) is 97.0 Å². The number of piperazine rings is 1. The molecule has 2 saturated heterocycles. The molecule has 7 atom stereocenters. The van der Waals surface area contributed by atoms with E-state index < -0.39 is 28.8 Å². The molecule has 4 bridgehead atoms. The molecule has 2 fully saturated rings. The minimum absolute atomic E-state index is 0.00229. The third-order valence-electron chi connectivity index (χ3n) is 12.6. The molecular weight excluding hydrogens is 715 g/mol. The van der Waals surface area contributed by atoms with Crippen LogP contribution < -0.4 is 29.0 Å². The van der Waals surface area contributed by atoms with Crippen LogP contribution in [0.25, 0.3) is 0 Å². The number of carbonyl (C=O) groups excluding carboxylic acids is 2. The molecule has 10 rings (SSSR count). The largest absolute Gasteiger partial charge is 0.504 e. The van der Waals surface area contributed by atoms with E-state index in [-0.39, 0.29) is 60.6 Å². The summed E-state index contributed by atoms with van der Waals surface area (Å²) in [6.45, 7) is 7.89. The molecule has 0 radical (unpaired) electrons. The lowest BCUT2D eigenvalue weighted by molar-refractivity contribution is -0.158. The van der Waals surface area contributed by atoms with Crippen LogP contribution in [0.4, 0.5) is 0 Å². The Labute approximate surface area is 317 Å². The normalized spacial score (nSPS) is 29.4. The van der Waals surface area contributed by atoms with Crippen LogP contribution in [0.2, 0.25) is 0 Å². The molecule has 1 spiro atoms. The van der Waals surface area contributed by atoms with Gasteiger partial charge in [0.25, 0.3) is 0 Å². The van der Waals surface area contributed by atoms with Gasteiger partial charge in [-0.1, -0.05) is 6.07 Å². The van der Waals surface area contributed by atoms with Gasteiger partial charge in [0.1, 0.15) is 12.4 Å². The van der Waals surface area contributed by atoms with Gasteiger partial charge in [-0.2, -0.15) is 0 Å². The van der Waals surface area contributed by atoms with Gasteiger partial charge in [0.05, 0.1) is 31.6 Å². The van der Waals surface area contributed by atoms with E-state index in [4.69, 9.17) is 28.4 Å². The molecule has 0 aliphatic carbocycles. The second-order valence-corrected chi connectivity index (χ2v) is 16.4. The fourth-order valence-electron chi connectivity index (χ4n) is 10.4. The van der Waals surface area contributed by atoms with E-state index in [9.17, 15) is 19.8 Å². The number of likely N-dealkylation sites (N-methyl/N-ethyl adjacent to an activating group) is 1. The SMILES string of the molecule is COc1cc2c(cc1O)CCN[C@]21CS[C@@H]2c3c(OC(C)=O)c(C)c4c(c3[C@H](COC1=O)N1[C@@H]2[C@H]2c3c(cc(C)c(OC)c3O)C[C@@H]([C@@H]1C)N2C)OCO4. The van der Waals surface area contributed by atoms with Gasteiger partial charge in [-0.15, -0.1) is 11.8 Å². The average Bonchev–Trinajstić information content (AvgIpc) is 3.63. The van der Waals surface area contributed by atoms with Gasteiger partial charge in [-0.3, -0.25) is 19.9 Å². The minimum atomic E-state index is -1.30. The molecule has 7 aliphatic rings. The molecular formula is C40H45N3O10S. The summed E-state index contributed by atoms with van der Waals surface area (Å²) in [4.78, 5) is 32.5. The molecule has 286 valence electrons. The van der Waals surface area contributed by atoms with Crippen molar-refractivity contribution in [2.45, 2.75) is 81.5 Å². The van der Waals surface area contributed by atoms with Crippen LogP contribution in [0.15, 0.2) is 18.2 Å². The molecule has 0 aromatic heterocycles. The number of aromatic hydroxyl groups is 2. The molecule has 3 N–H and O–H groups in total. The van der Waals surface area contributed by atoms with Crippen molar-refractivity contribution in [1.82, 2.24) is 15.1 Å². The summed E-state index contributed by atoms with van der Waals surface area (Å²) in [5.41, 5.74) is 5.19. The van der Waals surface area contributed by atoms with Crippen LogP contribution in [0, 0.1) is 13.8 Å². The number of nitrogens with one attached hydrogen (secondary N) is 1. The topological polar surface area (TPSA) is 148 Å². The molecule has 7 heterocycles. The molecule has 3 aromatic rings. The first-order valence-corrected chi connectivity index (χ1v) is 19.4. The zero-order chi connectivity index (χ0) is 38.0. The number of hydrogen-bond acceptors (Lipinski definition) is 14. The summed E-state index contributed by atoms with van der Waals surface area (Å²) >= 11 is 1.58. The number of phenolic OH excluding ortho intramolecular Hbond substituents is 2. The maximum Gasteiger partial charge on any atom is 0.331 e. The number of rotatable bonds is 3. The highest BCUT2D eigenvalue weighted by atomic mass is 32.2. The lowest BCUT2D eigenvalue weighted by Crippen LogP contribution is -2.69. The van der Waals surface area contributed by atoms with E-state index in [1.54, 1.807) is 31.0 Å². The maximum absolute atomic E-state index is 14.7. The standard InChI is InChI=1S/C40H45N3O10S/c1-17-10-22-11-24-19(3)43-25-14-50-39(47)40(23-13-27(48-6)26(45)12-21(23)8-9-41-40)15-54-38(32(43)31(42(24)5)28(22)33(46)34(17)49-7)30-29(25)37-36(51-16-52-37)18(2)35(30)53-20(4)44/h10,12-13,19,24-25,31-32,38,41,45-46H,8-9,11,14-16H2,1-7H3/t19-,24-,25-,31+,32+,38+,40+/m0/s1. The first-order chi connectivity index (χ1) is 25.9. The number of ether oxygens (including phenoxy) is 6. The molecule has 0 unspecified atom stereocenters. The summed E-state index contributed by atoms with van der Waals surface area (Å²) in [5, 5.41) is 25.9. The highest BCUT2D eigenvalue weighted by Gasteiger charge is 2.60. The zero-order valence-corrected chi connectivity index (χ0v) is 32.2. The van der Waals surface area contributed by atoms with Crippen LogP contribution in [-0.2, 0) is 32.7 Å². The summed E-state index contributed by atoms with van der Waals surface area (Å²) in [6.07, 6.45) is 1.30. The summed E-state index contributed by atoms with van der Waals surface area (Å²) in [5.74, 6) is 1.64. The van der Waals surface area contributed by atoms with Crippen LogP contribution in [0.3, 0.4) is 0 Å². The molecule has 0 saturated carbocycles. The van der Waals surface area contributed by atoms with E-state index in [1.165, 1.54) is 14.0 Å². The number of hydrogen-bond donors (Lipinski definition) is 3.